The van der Waals surface area contributed by atoms with Gasteiger partial charge in [-0.05, 0) is 17.7 Å². The van der Waals surface area contributed by atoms with Crippen molar-refractivity contribution in [3.05, 3.63) is 52.1 Å². The van der Waals surface area contributed by atoms with Crippen LogP contribution in [0, 0.1) is 10.1 Å². The molecule has 8 nitrogen and oxygen atoms in total. The Balaban J connectivity index is 2.57. The Kier molecular flexibility index (Phi) is 5.56. The standard InChI is InChI=1S/C17H18N2O6/c1-24-14-4-3-5-15(25-2)16(14)11-7-6-10(8-12(18)17(20)21)13(9-11)19(22)23/h3-7,9,12H,8,18H2,1-2H3,(H,20,21)/t12-/m0/s1. The lowest BCUT2D eigenvalue weighted by atomic mass is 9.97. The summed E-state index contributed by atoms with van der Waals surface area (Å²) >= 11 is 0. The van der Waals surface area contributed by atoms with E-state index in [-0.39, 0.29) is 17.7 Å². The number of carbonyl (C=O) groups is 1. The van der Waals surface area contributed by atoms with Crippen molar-refractivity contribution in [2.75, 3.05) is 14.2 Å². The molecule has 0 aliphatic heterocycles. The van der Waals surface area contributed by atoms with Gasteiger partial charge in [0.25, 0.3) is 5.69 Å². The van der Waals surface area contributed by atoms with Gasteiger partial charge < -0.3 is 20.3 Å². The van der Waals surface area contributed by atoms with Gasteiger partial charge in [0.2, 0.25) is 0 Å². The van der Waals surface area contributed by atoms with Gasteiger partial charge >= 0.3 is 5.97 Å². The van der Waals surface area contributed by atoms with Crippen LogP contribution >= 0.6 is 0 Å². The van der Waals surface area contributed by atoms with E-state index in [9.17, 15) is 14.9 Å². The van der Waals surface area contributed by atoms with E-state index in [0.717, 1.165) is 0 Å². The highest BCUT2D eigenvalue weighted by atomic mass is 16.6. The van der Waals surface area contributed by atoms with E-state index in [1.54, 1.807) is 24.3 Å². The van der Waals surface area contributed by atoms with E-state index in [0.29, 0.717) is 22.6 Å². The van der Waals surface area contributed by atoms with Gasteiger partial charge in [-0.15, -0.1) is 0 Å². The molecule has 0 saturated carbocycles. The largest absolute Gasteiger partial charge is 0.496 e. The number of rotatable bonds is 7. The number of ether oxygens (including phenoxy) is 2. The number of nitro benzene ring substituents is 1. The molecule has 0 amide bonds. The van der Waals surface area contributed by atoms with Gasteiger partial charge in [-0.2, -0.15) is 0 Å². The molecule has 0 unspecified atom stereocenters. The minimum absolute atomic E-state index is 0.144. The van der Waals surface area contributed by atoms with Crippen LogP contribution in [0.1, 0.15) is 5.56 Å². The average Bonchev–Trinajstić information content (AvgIpc) is 2.60. The van der Waals surface area contributed by atoms with Crippen molar-refractivity contribution >= 4 is 11.7 Å². The van der Waals surface area contributed by atoms with Gasteiger partial charge in [-0.25, -0.2) is 0 Å². The maximum atomic E-state index is 11.4. The Hall–Kier alpha value is -3.13. The first kappa shape index (κ1) is 18.2. The smallest absolute Gasteiger partial charge is 0.320 e. The van der Waals surface area contributed by atoms with Crippen LogP contribution < -0.4 is 15.2 Å². The molecule has 2 aromatic carbocycles. The summed E-state index contributed by atoms with van der Waals surface area (Å²) in [6.07, 6.45) is -0.144. The minimum atomic E-state index is -1.22. The highest BCUT2D eigenvalue weighted by Crippen LogP contribution is 2.40. The molecule has 3 N–H and O–H groups in total. The number of nitrogens with zero attached hydrogens (tertiary/aromatic N) is 1. The van der Waals surface area contributed by atoms with E-state index in [2.05, 4.69) is 0 Å². The predicted molar refractivity (Wildman–Crippen MR) is 91.0 cm³/mol. The van der Waals surface area contributed by atoms with Crippen LogP contribution in [0.2, 0.25) is 0 Å². The molecule has 0 saturated heterocycles. The van der Waals surface area contributed by atoms with Gasteiger partial charge in [0.05, 0.1) is 24.7 Å². The third-order valence-electron chi connectivity index (χ3n) is 3.76. The first-order chi connectivity index (χ1) is 11.9. The lowest BCUT2D eigenvalue weighted by Crippen LogP contribution is -2.32. The fraction of sp³-hybridized carbons (Fsp3) is 0.235. The summed E-state index contributed by atoms with van der Waals surface area (Å²) < 4.78 is 10.6. The van der Waals surface area contributed by atoms with Crippen molar-refractivity contribution in [3.8, 4) is 22.6 Å². The Morgan fingerprint density at radius 2 is 1.84 bits per heavy atom. The maximum Gasteiger partial charge on any atom is 0.320 e. The summed E-state index contributed by atoms with van der Waals surface area (Å²) in [5, 5.41) is 20.3. The number of methoxy groups -OCH3 is 2. The summed E-state index contributed by atoms with van der Waals surface area (Å²) in [5.74, 6) is -0.211. The third kappa shape index (κ3) is 3.86. The molecule has 1 atom stereocenters. The molecule has 0 radical (unpaired) electrons. The molecule has 2 aromatic rings. The fourth-order valence-electron chi connectivity index (χ4n) is 2.52. The Morgan fingerprint density at radius 1 is 1.24 bits per heavy atom. The van der Waals surface area contributed by atoms with Crippen molar-refractivity contribution in [3.63, 3.8) is 0 Å². The maximum absolute atomic E-state index is 11.4. The van der Waals surface area contributed by atoms with E-state index in [4.69, 9.17) is 20.3 Å². The SMILES string of the molecule is COc1cccc(OC)c1-c1ccc(C[C@H](N)C(=O)O)c([N+](=O)[O-])c1. The Bertz CT molecular complexity index is 783. The van der Waals surface area contributed by atoms with Gasteiger partial charge in [-0.1, -0.05) is 18.2 Å². The zero-order valence-electron chi connectivity index (χ0n) is 13.8. The molecule has 0 spiro atoms. The minimum Gasteiger partial charge on any atom is -0.496 e. The monoisotopic (exact) mass is 346 g/mol. The van der Waals surface area contributed by atoms with Gasteiger partial charge in [0.15, 0.2) is 0 Å². The van der Waals surface area contributed by atoms with Crippen LogP contribution in [0.25, 0.3) is 11.1 Å². The van der Waals surface area contributed by atoms with Crippen LogP contribution in [0.4, 0.5) is 5.69 Å². The number of hydrogen-bond donors (Lipinski definition) is 2. The van der Waals surface area contributed by atoms with Crippen LogP contribution in [-0.2, 0) is 11.2 Å². The van der Waals surface area contributed by atoms with E-state index in [1.165, 1.54) is 26.4 Å². The number of nitro groups is 1. The van der Waals surface area contributed by atoms with Crippen LogP contribution in [0.3, 0.4) is 0 Å². The predicted octanol–water partition coefficient (Wildman–Crippen LogP) is 2.23. The summed E-state index contributed by atoms with van der Waals surface area (Å²) in [6.45, 7) is 0. The second-order valence-corrected chi connectivity index (χ2v) is 5.29. The highest BCUT2D eigenvalue weighted by Gasteiger charge is 2.22. The molecule has 8 heteroatoms. The lowest BCUT2D eigenvalue weighted by molar-refractivity contribution is -0.385. The third-order valence-corrected chi connectivity index (χ3v) is 3.76. The van der Waals surface area contributed by atoms with E-state index in [1.807, 2.05) is 0 Å². The molecule has 0 bridgehead atoms. The first-order valence-corrected chi connectivity index (χ1v) is 7.36. The van der Waals surface area contributed by atoms with Crippen molar-refractivity contribution in [2.45, 2.75) is 12.5 Å². The molecular formula is C17H18N2O6. The van der Waals surface area contributed by atoms with Crippen LogP contribution in [0.5, 0.6) is 11.5 Å². The second-order valence-electron chi connectivity index (χ2n) is 5.29. The second kappa shape index (κ2) is 7.63. The highest BCUT2D eigenvalue weighted by molar-refractivity contribution is 5.79. The molecule has 2 rings (SSSR count). The number of benzene rings is 2. The first-order valence-electron chi connectivity index (χ1n) is 7.36. The lowest BCUT2D eigenvalue weighted by Gasteiger charge is -2.14. The van der Waals surface area contributed by atoms with Crippen molar-refractivity contribution in [1.29, 1.82) is 0 Å². The number of carboxylic acids is 1. The van der Waals surface area contributed by atoms with Crippen LogP contribution in [0.15, 0.2) is 36.4 Å². The van der Waals surface area contributed by atoms with E-state index < -0.39 is 16.9 Å². The number of hydrogen-bond acceptors (Lipinski definition) is 6. The summed E-state index contributed by atoms with van der Waals surface area (Å²) in [5.41, 5.74) is 6.63. The molecule has 132 valence electrons. The number of nitrogens with two attached hydrogens (primary N) is 1. The molecule has 0 heterocycles. The van der Waals surface area contributed by atoms with Crippen molar-refractivity contribution in [2.24, 2.45) is 5.73 Å². The normalized spacial score (nSPS) is 11.6. The van der Waals surface area contributed by atoms with Gasteiger partial charge in [-0.3, -0.25) is 14.9 Å². The number of aliphatic carboxylic acids is 1. The van der Waals surface area contributed by atoms with Crippen LogP contribution in [-0.4, -0.2) is 36.3 Å². The fourth-order valence-corrected chi connectivity index (χ4v) is 2.52. The zero-order valence-corrected chi connectivity index (χ0v) is 13.8. The Labute approximate surface area is 143 Å². The molecular weight excluding hydrogens is 328 g/mol. The molecule has 0 aliphatic carbocycles. The quantitative estimate of drug-likeness (QED) is 0.581. The molecule has 25 heavy (non-hydrogen) atoms. The Morgan fingerprint density at radius 3 is 2.32 bits per heavy atom. The van der Waals surface area contributed by atoms with Crippen molar-refractivity contribution in [1.82, 2.24) is 0 Å². The molecule has 0 aromatic heterocycles. The average molecular weight is 346 g/mol. The topological polar surface area (TPSA) is 125 Å². The molecule has 0 aliphatic rings. The van der Waals surface area contributed by atoms with Gasteiger partial charge in [0.1, 0.15) is 17.5 Å². The summed E-state index contributed by atoms with van der Waals surface area (Å²) in [4.78, 5) is 21.8. The summed E-state index contributed by atoms with van der Waals surface area (Å²) in [7, 11) is 2.99. The van der Waals surface area contributed by atoms with Gasteiger partial charge in [0, 0.05) is 18.1 Å². The summed E-state index contributed by atoms with van der Waals surface area (Å²) in [6, 6.07) is 8.49. The number of carboxylic acid groups (broad SMARTS) is 1. The van der Waals surface area contributed by atoms with E-state index >= 15 is 0 Å². The zero-order chi connectivity index (χ0) is 18.6. The molecule has 0 fully saturated rings. The van der Waals surface area contributed by atoms with Crippen molar-refractivity contribution < 1.29 is 24.3 Å².